The van der Waals surface area contributed by atoms with E-state index in [1.54, 1.807) is 0 Å². The summed E-state index contributed by atoms with van der Waals surface area (Å²) in [6.07, 6.45) is 0. The van der Waals surface area contributed by atoms with Crippen molar-refractivity contribution in [2.45, 2.75) is 0 Å². The summed E-state index contributed by atoms with van der Waals surface area (Å²) in [7, 11) is 0. The van der Waals surface area contributed by atoms with E-state index in [1.165, 1.54) is 0 Å². The van der Waals surface area contributed by atoms with Crippen LogP contribution in [0.4, 0.5) is 0 Å². The largest absolute Gasteiger partial charge is 3.00 e. The second-order valence-corrected chi connectivity index (χ2v) is 7.60. The summed E-state index contributed by atoms with van der Waals surface area (Å²) in [6, 6.07) is 0. The molecule has 0 aliphatic carbocycles. The van der Waals surface area contributed by atoms with E-state index >= 15 is 0 Å². The van der Waals surface area contributed by atoms with Gasteiger partial charge >= 0.3 is 71.2 Å². The van der Waals surface area contributed by atoms with Gasteiger partial charge in [-0.05, 0) is 0 Å². The second kappa shape index (κ2) is 14.6. The fourth-order valence-corrected chi connectivity index (χ4v) is 0. The molecule has 9 nitrogen and oxygen atoms in total. The van der Waals surface area contributed by atoms with Crippen molar-refractivity contribution in [2.24, 2.45) is 0 Å². The molecule has 0 aromatic carbocycles. The maximum Gasteiger partial charge on any atom is 3.00 e. The van der Waals surface area contributed by atoms with Crippen molar-refractivity contribution in [1.29, 1.82) is 0 Å². The summed E-state index contributed by atoms with van der Waals surface area (Å²) in [6.45, 7) is -14.0. The molecule has 0 unspecified atom stereocenters. The van der Waals surface area contributed by atoms with Gasteiger partial charge in [0.1, 0.15) is 0 Å². The van der Waals surface area contributed by atoms with Crippen LogP contribution in [0.5, 0.6) is 0 Å². The quantitative estimate of drug-likeness (QED) is 0.257. The molecule has 0 heterocycles. The van der Waals surface area contributed by atoms with Gasteiger partial charge in [0.15, 0.2) is 0 Å². The van der Waals surface area contributed by atoms with Crippen LogP contribution in [0.15, 0.2) is 0 Å². The monoisotopic (exact) mass is 620 g/mol. The molecule has 0 aromatic heterocycles. The van der Waals surface area contributed by atoms with Crippen molar-refractivity contribution in [3.63, 3.8) is 0 Å². The van der Waals surface area contributed by atoms with E-state index in [4.69, 9.17) is 43.1 Å². The maximum atomic E-state index is 8.87. The second-order valence-electron chi connectivity index (χ2n) is 1.29. The molecule has 0 saturated carbocycles. The molecule has 0 N–H and O–H groups in total. The predicted molar refractivity (Wildman–Crippen MR) is 40.4 cm³/mol. The molecule has 0 spiro atoms. The Kier molecular flexibility index (Phi) is 28.1. The Morgan fingerprint density at radius 2 is 0.529 bits per heavy atom. The summed E-state index contributed by atoms with van der Waals surface area (Å²) >= 11 is 11.9. The van der Waals surface area contributed by atoms with E-state index < -0.39 is 20.8 Å². The summed E-state index contributed by atoms with van der Waals surface area (Å²) in [5.74, 6) is 0. The van der Waals surface area contributed by atoms with Crippen molar-refractivity contribution in [3.05, 3.63) is 0 Å². The van der Waals surface area contributed by atoms with Crippen LogP contribution >= 0.6 is 54.6 Å². The van der Waals surface area contributed by atoms with Crippen molar-refractivity contribution in [2.75, 3.05) is 0 Å². The standard InChI is InChI=1S/3ClH2O3P.2La/c3*1-5(2,3)4;;/h3*(H2,2,3,4);;/q;;;2*+3/p-6. The summed E-state index contributed by atoms with van der Waals surface area (Å²) < 4.78 is 26.6. The Bertz CT molecular complexity index is 216. The third-order valence-electron chi connectivity index (χ3n) is 0. The molecule has 0 aromatic rings. The van der Waals surface area contributed by atoms with E-state index in [-0.39, 0.29) is 71.2 Å². The van der Waals surface area contributed by atoms with Crippen LogP contribution in [-0.4, -0.2) is 0 Å². The average Bonchev–Trinajstić information content (AvgIpc) is 1.41. The van der Waals surface area contributed by atoms with Crippen LogP contribution in [0.2, 0.25) is 0 Å². The minimum Gasteiger partial charge on any atom is -0.799 e. The molecule has 17 heteroatoms. The molecule has 0 amide bonds. The minimum absolute atomic E-state index is 0. The molecule has 0 aliphatic rings. The molecule has 0 radical (unpaired) electrons. The SMILES string of the molecule is O=P([O-])([O-])Cl.O=P([O-])([O-])Cl.O=P([O-])([O-])Cl.[La+3].[La+3]. The number of rotatable bonds is 0. The van der Waals surface area contributed by atoms with Gasteiger partial charge in [0.05, 0.1) is 0 Å². The molecule has 0 bridgehead atoms. The van der Waals surface area contributed by atoms with Crippen LogP contribution in [-0.2, 0) is 13.7 Å². The Morgan fingerprint density at radius 3 is 0.529 bits per heavy atom. The molecular weight excluding hydrogens is 621 g/mol. The van der Waals surface area contributed by atoms with Crippen LogP contribution in [0.3, 0.4) is 0 Å². The minimum atomic E-state index is -4.67. The van der Waals surface area contributed by atoms with Gasteiger partial charge in [0.25, 0.3) is 0 Å². The van der Waals surface area contributed by atoms with Gasteiger partial charge in [-0.3, -0.25) is 0 Å². The number of hydrogen-bond donors (Lipinski definition) is 0. The fourth-order valence-electron chi connectivity index (χ4n) is 0. The summed E-state index contributed by atoms with van der Waals surface area (Å²) in [5.41, 5.74) is 0. The molecule has 17 heavy (non-hydrogen) atoms. The first-order valence-electron chi connectivity index (χ1n) is 2.15. The molecule has 0 rings (SSSR count). The van der Waals surface area contributed by atoms with Crippen LogP contribution < -0.4 is 29.4 Å². The fraction of sp³-hybridized carbons (Fsp3) is 0. The van der Waals surface area contributed by atoms with Gasteiger partial charge in [-0.15, -0.1) is 0 Å². The predicted octanol–water partition coefficient (Wildman–Crippen LogP) is -2.84. The first kappa shape index (κ1) is 32.6. The van der Waals surface area contributed by atoms with E-state index in [1.807, 2.05) is 0 Å². The first-order valence-corrected chi connectivity index (χ1v) is 9.49. The smallest absolute Gasteiger partial charge is 0.799 e. The van der Waals surface area contributed by atoms with Gasteiger partial charge in [0.2, 0.25) is 0 Å². The Hall–Kier alpha value is 3.71. The molecule has 96 valence electrons. The topological polar surface area (TPSA) is 190 Å². The van der Waals surface area contributed by atoms with Crippen LogP contribution in [0, 0.1) is 71.2 Å². The first-order chi connectivity index (χ1) is 6.00. The van der Waals surface area contributed by atoms with Crippen LogP contribution in [0.25, 0.3) is 0 Å². The average molecular weight is 621 g/mol. The molecule has 0 aliphatic heterocycles. The van der Waals surface area contributed by atoms with Crippen LogP contribution in [0.1, 0.15) is 0 Å². The van der Waals surface area contributed by atoms with Gasteiger partial charge in [-0.25, -0.2) is 0 Å². The zero-order valence-corrected chi connectivity index (χ0v) is 19.5. The number of hydrogen-bond acceptors (Lipinski definition) is 9. The third-order valence-corrected chi connectivity index (χ3v) is 0. The molecule has 0 fully saturated rings. The normalized spacial score (nSPS) is 10.4. The van der Waals surface area contributed by atoms with E-state index in [9.17, 15) is 0 Å². The van der Waals surface area contributed by atoms with Crippen molar-refractivity contribution < 1.29 is 114 Å². The Morgan fingerprint density at radius 1 is 0.529 bits per heavy atom. The molecular formula is Cl3La2O9P3. The van der Waals surface area contributed by atoms with Crippen molar-refractivity contribution >= 4 is 54.6 Å². The third kappa shape index (κ3) is 449. The Labute approximate surface area is 166 Å². The van der Waals surface area contributed by atoms with Gasteiger partial charge in [0, 0.05) is 20.8 Å². The molecule has 0 saturated heterocycles. The number of halogens is 3. The van der Waals surface area contributed by atoms with Crippen molar-refractivity contribution in [3.8, 4) is 0 Å². The summed E-state index contributed by atoms with van der Waals surface area (Å²) in [5, 5.41) is 0. The Balaban J connectivity index is -0.0000000400. The van der Waals surface area contributed by atoms with Gasteiger partial charge < -0.3 is 43.1 Å². The van der Waals surface area contributed by atoms with Crippen molar-refractivity contribution in [1.82, 2.24) is 0 Å². The van der Waals surface area contributed by atoms with Gasteiger partial charge in [-0.2, -0.15) is 0 Å². The zero-order chi connectivity index (χ0) is 13.5. The maximum absolute atomic E-state index is 8.87. The molecule has 0 atom stereocenters. The van der Waals surface area contributed by atoms with E-state index in [2.05, 4.69) is 33.7 Å². The van der Waals surface area contributed by atoms with Gasteiger partial charge in [-0.1, -0.05) is 33.7 Å². The van der Waals surface area contributed by atoms with E-state index in [0.29, 0.717) is 0 Å². The van der Waals surface area contributed by atoms with E-state index in [0.717, 1.165) is 0 Å². The zero-order valence-electron chi connectivity index (χ0n) is 7.30. The summed E-state index contributed by atoms with van der Waals surface area (Å²) in [4.78, 5) is 53.2.